The summed E-state index contributed by atoms with van der Waals surface area (Å²) in [6.07, 6.45) is 2.14. The fraction of sp³-hybridized carbons (Fsp3) is 0.417. The van der Waals surface area contributed by atoms with Gasteiger partial charge >= 0.3 is 5.97 Å². The highest BCUT2D eigenvalue weighted by atomic mass is 16.5. The van der Waals surface area contributed by atoms with Gasteiger partial charge in [0.25, 0.3) is 0 Å². The zero-order valence-electron chi connectivity index (χ0n) is 9.19. The van der Waals surface area contributed by atoms with Crippen molar-refractivity contribution in [2.24, 2.45) is 0 Å². The summed E-state index contributed by atoms with van der Waals surface area (Å²) in [4.78, 5) is 11.1. The number of phenols is 1. The topological polar surface area (TPSA) is 58.6 Å². The van der Waals surface area contributed by atoms with Crippen molar-refractivity contribution in [3.63, 3.8) is 0 Å². The number of fused-ring (bicyclic) bond motifs is 1. The molecule has 1 heterocycles. The monoisotopic (exact) mass is 221 g/mol. The van der Waals surface area contributed by atoms with Gasteiger partial charge in [0.1, 0.15) is 5.75 Å². The third-order valence-electron chi connectivity index (χ3n) is 2.85. The van der Waals surface area contributed by atoms with Crippen molar-refractivity contribution in [2.45, 2.75) is 25.3 Å². The summed E-state index contributed by atoms with van der Waals surface area (Å²) in [6.45, 7) is 0. The number of phenolic OH excluding ortho intramolecular Hbond substituents is 1. The summed E-state index contributed by atoms with van der Waals surface area (Å²) in [5.41, 5.74) is 2.10. The van der Waals surface area contributed by atoms with Crippen LogP contribution in [-0.4, -0.2) is 24.2 Å². The molecule has 0 aromatic heterocycles. The Labute approximate surface area is 94.2 Å². The second-order valence-electron chi connectivity index (χ2n) is 4.00. The van der Waals surface area contributed by atoms with Crippen LogP contribution < -0.4 is 5.32 Å². The van der Waals surface area contributed by atoms with Gasteiger partial charge in [0.15, 0.2) is 0 Å². The average Bonchev–Trinajstić information content (AvgIpc) is 2.29. The number of hydrogen-bond acceptors (Lipinski definition) is 4. The molecular weight excluding hydrogens is 206 g/mol. The van der Waals surface area contributed by atoms with E-state index in [0.717, 1.165) is 24.1 Å². The minimum atomic E-state index is -0.195. The van der Waals surface area contributed by atoms with E-state index in [2.05, 4.69) is 10.1 Å². The fourth-order valence-electron chi connectivity index (χ4n) is 1.99. The molecule has 4 heteroatoms. The van der Waals surface area contributed by atoms with E-state index in [1.54, 1.807) is 12.1 Å². The molecule has 2 rings (SSSR count). The highest BCUT2D eigenvalue weighted by Crippen LogP contribution is 2.28. The molecule has 0 radical (unpaired) electrons. The Kier molecular flexibility index (Phi) is 2.99. The number of aryl methyl sites for hydroxylation is 1. The molecule has 0 fully saturated rings. The molecule has 0 amide bonds. The predicted octanol–water partition coefficient (Wildman–Crippen LogP) is 1.68. The van der Waals surface area contributed by atoms with Crippen LogP contribution in [0.4, 0.5) is 5.69 Å². The van der Waals surface area contributed by atoms with E-state index in [9.17, 15) is 9.90 Å². The van der Waals surface area contributed by atoms with Crippen LogP contribution in [-0.2, 0) is 16.0 Å². The molecule has 0 spiro atoms. The Balaban J connectivity index is 2.06. The van der Waals surface area contributed by atoms with Crippen LogP contribution in [0.1, 0.15) is 18.4 Å². The minimum absolute atomic E-state index is 0.129. The summed E-state index contributed by atoms with van der Waals surface area (Å²) >= 11 is 0. The molecule has 0 saturated carbocycles. The first-order valence-electron chi connectivity index (χ1n) is 5.34. The molecule has 0 saturated heterocycles. The van der Waals surface area contributed by atoms with Gasteiger partial charge in [-0.3, -0.25) is 4.79 Å². The van der Waals surface area contributed by atoms with E-state index in [1.807, 2.05) is 6.07 Å². The number of methoxy groups -OCH3 is 1. The number of rotatable bonds is 2. The van der Waals surface area contributed by atoms with Gasteiger partial charge < -0.3 is 15.2 Å². The smallest absolute Gasteiger partial charge is 0.307 e. The molecule has 0 bridgehead atoms. The van der Waals surface area contributed by atoms with Crippen molar-refractivity contribution < 1.29 is 14.6 Å². The Morgan fingerprint density at radius 2 is 2.44 bits per heavy atom. The van der Waals surface area contributed by atoms with Crippen LogP contribution in [0.2, 0.25) is 0 Å². The lowest BCUT2D eigenvalue weighted by Crippen LogP contribution is -2.28. The van der Waals surface area contributed by atoms with Gasteiger partial charge in [-0.15, -0.1) is 0 Å². The lowest BCUT2D eigenvalue weighted by Gasteiger charge is -2.26. The maximum Gasteiger partial charge on any atom is 0.307 e. The van der Waals surface area contributed by atoms with Gasteiger partial charge in [-0.2, -0.15) is 0 Å². The third-order valence-corrected chi connectivity index (χ3v) is 2.85. The van der Waals surface area contributed by atoms with Gasteiger partial charge in [-0.1, -0.05) is 0 Å². The molecule has 16 heavy (non-hydrogen) atoms. The Bertz CT molecular complexity index is 403. The van der Waals surface area contributed by atoms with E-state index < -0.39 is 0 Å². The summed E-state index contributed by atoms with van der Waals surface area (Å²) in [5, 5.41) is 12.6. The number of esters is 1. The van der Waals surface area contributed by atoms with Gasteiger partial charge in [-0.05, 0) is 36.6 Å². The maximum atomic E-state index is 11.1. The van der Waals surface area contributed by atoms with Gasteiger partial charge in [0.05, 0.1) is 13.5 Å². The van der Waals surface area contributed by atoms with Crippen molar-refractivity contribution in [3.8, 4) is 5.75 Å². The van der Waals surface area contributed by atoms with Crippen LogP contribution in [0.25, 0.3) is 0 Å². The first-order chi connectivity index (χ1) is 7.69. The fourth-order valence-corrected chi connectivity index (χ4v) is 1.99. The molecule has 4 nitrogen and oxygen atoms in total. The van der Waals surface area contributed by atoms with Crippen LogP contribution in [0.5, 0.6) is 5.75 Å². The molecule has 1 aromatic carbocycles. The highest BCUT2D eigenvalue weighted by molar-refractivity contribution is 5.71. The van der Waals surface area contributed by atoms with Crippen molar-refractivity contribution in [1.82, 2.24) is 0 Å². The summed E-state index contributed by atoms with van der Waals surface area (Å²) < 4.78 is 4.64. The van der Waals surface area contributed by atoms with Crippen molar-refractivity contribution >= 4 is 11.7 Å². The van der Waals surface area contributed by atoms with Crippen LogP contribution in [0.3, 0.4) is 0 Å². The lowest BCUT2D eigenvalue weighted by molar-refractivity contribution is -0.140. The quantitative estimate of drug-likeness (QED) is 0.589. The minimum Gasteiger partial charge on any atom is -0.508 e. The second-order valence-corrected chi connectivity index (χ2v) is 4.00. The summed E-state index contributed by atoms with van der Waals surface area (Å²) in [6, 6.07) is 5.38. The Morgan fingerprint density at radius 3 is 3.19 bits per heavy atom. The van der Waals surface area contributed by atoms with Gasteiger partial charge in [-0.25, -0.2) is 0 Å². The number of aromatic hydroxyl groups is 1. The van der Waals surface area contributed by atoms with E-state index >= 15 is 0 Å². The molecule has 1 unspecified atom stereocenters. The summed E-state index contributed by atoms with van der Waals surface area (Å²) in [7, 11) is 1.40. The number of hydrogen-bond donors (Lipinski definition) is 2. The number of carbonyl (C=O) groups excluding carboxylic acids is 1. The Hall–Kier alpha value is -1.71. The van der Waals surface area contributed by atoms with Crippen molar-refractivity contribution in [3.05, 3.63) is 23.8 Å². The highest BCUT2D eigenvalue weighted by Gasteiger charge is 2.20. The van der Waals surface area contributed by atoms with Gasteiger partial charge in [0, 0.05) is 11.7 Å². The first kappa shape index (κ1) is 10.8. The van der Waals surface area contributed by atoms with Crippen LogP contribution in [0.15, 0.2) is 18.2 Å². The molecule has 1 aromatic rings. The number of carbonyl (C=O) groups is 1. The molecule has 2 N–H and O–H groups in total. The molecule has 1 aliphatic rings. The zero-order chi connectivity index (χ0) is 11.5. The number of nitrogens with one attached hydrogen (secondary N) is 1. The van der Waals surface area contributed by atoms with E-state index in [0.29, 0.717) is 6.42 Å². The largest absolute Gasteiger partial charge is 0.508 e. The molecule has 0 aliphatic carbocycles. The van der Waals surface area contributed by atoms with Crippen molar-refractivity contribution in [1.29, 1.82) is 0 Å². The van der Waals surface area contributed by atoms with Crippen LogP contribution in [0, 0.1) is 0 Å². The van der Waals surface area contributed by atoms with E-state index in [-0.39, 0.29) is 17.8 Å². The Morgan fingerprint density at radius 1 is 1.62 bits per heavy atom. The number of ether oxygens (including phenoxy) is 1. The third kappa shape index (κ3) is 2.27. The van der Waals surface area contributed by atoms with E-state index in [1.165, 1.54) is 7.11 Å². The zero-order valence-corrected chi connectivity index (χ0v) is 9.19. The first-order valence-corrected chi connectivity index (χ1v) is 5.34. The maximum absolute atomic E-state index is 11.1. The lowest BCUT2D eigenvalue weighted by atomic mass is 9.96. The number of benzene rings is 1. The second kappa shape index (κ2) is 4.43. The standard InChI is InChI=1S/C12H15NO3/c1-16-12(15)7-9-3-2-8-6-10(14)4-5-11(8)13-9/h4-6,9,13-14H,2-3,7H2,1H3. The molecule has 1 aliphatic heterocycles. The normalized spacial score (nSPS) is 18.4. The molecule has 86 valence electrons. The molecular formula is C12H15NO3. The average molecular weight is 221 g/mol. The van der Waals surface area contributed by atoms with Crippen molar-refractivity contribution in [2.75, 3.05) is 12.4 Å². The van der Waals surface area contributed by atoms with E-state index in [4.69, 9.17) is 0 Å². The summed E-state index contributed by atoms with van der Waals surface area (Å²) in [5.74, 6) is 0.0895. The molecule has 1 atom stereocenters. The number of anilines is 1. The SMILES string of the molecule is COC(=O)CC1CCc2cc(O)ccc2N1. The predicted molar refractivity (Wildman–Crippen MR) is 60.5 cm³/mol. The van der Waals surface area contributed by atoms with Crippen LogP contribution >= 0.6 is 0 Å². The van der Waals surface area contributed by atoms with Gasteiger partial charge in [0.2, 0.25) is 0 Å².